The lowest BCUT2D eigenvalue weighted by Crippen LogP contribution is -2.01. The zero-order valence-electron chi connectivity index (χ0n) is 3.37. The average Bonchev–Trinajstić information content (AvgIpc) is 1.87. The molecule has 1 heterocycles. The van der Waals surface area contributed by atoms with E-state index in [2.05, 4.69) is 10.3 Å². The van der Waals surface area contributed by atoms with Gasteiger partial charge in [-0.1, -0.05) is 0 Å². The molecule has 1 rings (SSSR count). The van der Waals surface area contributed by atoms with Crippen LogP contribution in [0.1, 0.15) is 0 Å². The molecule has 36 valence electrons. The van der Waals surface area contributed by atoms with Crippen LogP contribution in [0.5, 0.6) is 0 Å². The van der Waals surface area contributed by atoms with Crippen LogP contribution in [0.4, 0.5) is 0 Å². The Morgan fingerprint density at radius 1 is 1.71 bits per heavy atom. The van der Waals surface area contributed by atoms with E-state index in [0.29, 0.717) is 0 Å². The molecular weight excluding hydrogens is 98.0 g/mol. The Balaban J connectivity index is 2.76. The molecule has 0 unspecified atom stereocenters. The van der Waals surface area contributed by atoms with E-state index in [0.717, 1.165) is 0 Å². The second-order valence-electron chi connectivity index (χ2n) is 1.09. The summed E-state index contributed by atoms with van der Waals surface area (Å²) in [5.74, 6) is -0.477. The highest BCUT2D eigenvalue weighted by molar-refractivity contribution is 5.77. The molecule has 7 heavy (non-hydrogen) atoms. The van der Waals surface area contributed by atoms with Crippen LogP contribution in [0.25, 0.3) is 0 Å². The fourth-order valence-electron chi connectivity index (χ4n) is 0.279. The van der Waals surface area contributed by atoms with Crippen molar-refractivity contribution in [3.05, 3.63) is 4.91 Å². The molecule has 0 radical (unpaired) electrons. The van der Waals surface area contributed by atoms with Gasteiger partial charge in [0.1, 0.15) is 5.11 Å². The van der Waals surface area contributed by atoms with Crippen LogP contribution in [-0.4, -0.2) is 17.3 Å². The van der Waals surface area contributed by atoms with Crippen LogP contribution >= 0.6 is 0 Å². The van der Waals surface area contributed by atoms with E-state index in [1.165, 1.54) is 0 Å². The minimum Gasteiger partial charge on any atom is -0.235 e. The quantitative estimate of drug-likeness (QED) is 0.391. The first-order valence-electron chi connectivity index (χ1n) is 1.68. The van der Waals surface area contributed by atoms with Gasteiger partial charge in [-0.2, -0.15) is 0 Å². The van der Waals surface area contributed by atoms with E-state index in [4.69, 9.17) is 0 Å². The highest BCUT2D eigenvalue weighted by atomic mass is 16.3. The molecule has 1 amide bonds. The van der Waals surface area contributed by atoms with E-state index in [9.17, 15) is 9.70 Å². The molecule has 0 saturated carbocycles. The number of carbonyl (C=O) groups is 1. The summed E-state index contributed by atoms with van der Waals surface area (Å²) in [6.45, 7) is -0.222. The summed E-state index contributed by atoms with van der Waals surface area (Å²) < 4.78 is 0. The predicted molar refractivity (Wildman–Crippen MR) is 18.4 cm³/mol. The molecule has 0 bridgehead atoms. The second-order valence-corrected chi connectivity index (χ2v) is 1.09. The highest BCUT2D eigenvalue weighted by Gasteiger charge is 2.23. The molecule has 0 saturated heterocycles. The van der Waals surface area contributed by atoms with Crippen molar-refractivity contribution in [3.63, 3.8) is 0 Å². The summed E-state index contributed by atoms with van der Waals surface area (Å²) in [7, 11) is 0. The zero-order valence-corrected chi connectivity index (χ0v) is 3.37. The Kier molecular flexibility index (Phi) is 0.680. The topological polar surface area (TPSA) is 61.9 Å². The van der Waals surface area contributed by atoms with Crippen LogP contribution < -0.4 is 0 Å². The second kappa shape index (κ2) is 1.18. The molecule has 0 fully saturated rings. The molecule has 5 nitrogen and oxygen atoms in total. The summed E-state index contributed by atoms with van der Waals surface area (Å²) in [5, 5.41) is 5.79. The lowest BCUT2D eigenvalue weighted by atomic mass is 10.7. The minimum atomic E-state index is -0.477. The minimum absolute atomic E-state index is 0.222. The summed E-state index contributed by atoms with van der Waals surface area (Å²) >= 11 is 0. The van der Waals surface area contributed by atoms with Crippen molar-refractivity contribution >= 4 is 5.91 Å². The Bertz CT molecular complexity index is 133. The fourth-order valence-corrected chi connectivity index (χ4v) is 0.279. The number of nitrogens with zero attached hydrogens (tertiary/aromatic N) is 3. The number of hydrogen-bond acceptors (Lipinski definition) is 2. The third-order valence-electron chi connectivity index (χ3n) is 0.527. The first-order chi connectivity index (χ1) is 3.29. The predicted octanol–water partition coefficient (Wildman–Crippen LogP) is -0.327. The maximum absolute atomic E-state index is 9.95. The number of hydrogen-bond donors (Lipinski definition) is 0. The third-order valence-corrected chi connectivity index (χ3v) is 0.527. The highest BCUT2D eigenvalue weighted by Crippen LogP contribution is 1.90. The SMILES string of the molecule is O=C1C[N+](=O)N=N1. The Hall–Kier alpha value is -1.13. The van der Waals surface area contributed by atoms with Gasteiger partial charge in [-0.05, 0) is 4.91 Å². The van der Waals surface area contributed by atoms with Crippen LogP contribution in [0, 0.1) is 4.91 Å². The first kappa shape index (κ1) is 4.04. The largest absolute Gasteiger partial charge is 0.426 e. The van der Waals surface area contributed by atoms with Gasteiger partial charge in [0.2, 0.25) is 0 Å². The van der Waals surface area contributed by atoms with Gasteiger partial charge in [0, 0.05) is 0 Å². The van der Waals surface area contributed by atoms with E-state index < -0.39 is 5.91 Å². The van der Waals surface area contributed by atoms with Gasteiger partial charge < -0.3 is 0 Å². The molecule has 0 atom stereocenters. The van der Waals surface area contributed by atoms with Gasteiger partial charge >= 0.3 is 5.91 Å². The third kappa shape index (κ3) is 0.648. The summed E-state index contributed by atoms with van der Waals surface area (Å²) in [6.07, 6.45) is 0. The van der Waals surface area contributed by atoms with Crippen LogP contribution in [0.15, 0.2) is 10.3 Å². The normalized spacial score (nSPS) is 18.9. The summed E-state index contributed by atoms with van der Waals surface area (Å²) in [5.41, 5.74) is 0. The fraction of sp³-hybridized carbons (Fsp3) is 0.500. The van der Waals surface area contributed by atoms with Crippen LogP contribution in [-0.2, 0) is 4.79 Å². The molecule has 0 aromatic carbocycles. The Morgan fingerprint density at radius 3 is 2.57 bits per heavy atom. The van der Waals surface area contributed by atoms with Crippen molar-refractivity contribution in [1.82, 2.24) is 0 Å². The van der Waals surface area contributed by atoms with Gasteiger partial charge in [0.25, 0.3) is 6.54 Å². The molecular formula is C2H2N3O2+. The number of carbonyl (C=O) groups excluding carboxylic acids is 1. The average molecular weight is 100 g/mol. The molecule has 0 N–H and O–H groups in total. The molecule has 0 spiro atoms. The summed E-state index contributed by atoms with van der Waals surface area (Å²) in [4.78, 5) is 20.1. The van der Waals surface area contributed by atoms with Crippen LogP contribution in [0.3, 0.4) is 0 Å². The Labute approximate surface area is 38.6 Å². The monoisotopic (exact) mass is 100 g/mol. The number of nitroso groups, excluding NO2 is 1. The lowest BCUT2D eigenvalue weighted by molar-refractivity contribution is -0.540. The maximum Gasteiger partial charge on any atom is 0.426 e. The van der Waals surface area contributed by atoms with Gasteiger partial charge in [-0.3, -0.25) is 0 Å². The molecule has 0 aliphatic carbocycles. The first-order valence-corrected chi connectivity index (χ1v) is 1.68. The lowest BCUT2D eigenvalue weighted by Gasteiger charge is -1.60. The summed E-state index contributed by atoms with van der Waals surface area (Å²) in [6, 6.07) is 0. The van der Waals surface area contributed by atoms with Gasteiger partial charge in [0.15, 0.2) is 5.22 Å². The standard InChI is InChI=1S/C2H2N3O2/c6-2-1-5(7)4-3-2/h1H2/q+1. The number of amides is 1. The van der Waals surface area contributed by atoms with E-state index >= 15 is 0 Å². The van der Waals surface area contributed by atoms with Crippen molar-refractivity contribution in [1.29, 1.82) is 0 Å². The van der Waals surface area contributed by atoms with Crippen molar-refractivity contribution in [2.24, 2.45) is 10.3 Å². The van der Waals surface area contributed by atoms with E-state index in [1.807, 2.05) is 0 Å². The molecule has 0 aromatic rings. The van der Waals surface area contributed by atoms with Crippen LogP contribution in [0.2, 0.25) is 0 Å². The number of rotatable bonds is 0. The van der Waals surface area contributed by atoms with Crippen molar-refractivity contribution in [2.45, 2.75) is 0 Å². The molecule has 5 heteroatoms. The van der Waals surface area contributed by atoms with Crippen molar-refractivity contribution < 1.29 is 9.66 Å². The van der Waals surface area contributed by atoms with Crippen molar-refractivity contribution in [2.75, 3.05) is 6.54 Å². The van der Waals surface area contributed by atoms with E-state index in [-0.39, 0.29) is 11.4 Å². The molecule has 0 aromatic heterocycles. The van der Waals surface area contributed by atoms with Gasteiger partial charge in [-0.15, -0.1) is 0 Å². The zero-order chi connectivity index (χ0) is 5.28. The smallest absolute Gasteiger partial charge is 0.235 e. The van der Waals surface area contributed by atoms with E-state index in [1.54, 1.807) is 0 Å². The molecule has 1 aliphatic heterocycles. The van der Waals surface area contributed by atoms with Gasteiger partial charge in [-0.25, -0.2) is 4.79 Å². The molecule has 1 aliphatic rings. The van der Waals surface area contributed by atoms with Crippen molar-refractivity contribution in [3.8, 4) is 0 Å². The maximum atomic E-state index is 9.95. The van der Waals surface area contributed by atoms with Gasteiger partial charge in [0.05, 0.1) is 4.87 Å². The Morgan fingerprint density at radius 2 is 2.43 bits per heavy atom.